The molecule has 0 atom stereocenters. The summed E-state index contributed by atoms with van der Waals surface area (Å²) >= 11 is 0. The zero-order valence-corrected chi connectivity index (χ0v) is 6.79. The summed E-state index contributed by atoms with van der Waals surface area (Å²) in [5.41, 5.74) is 2.44. The SMILES string of the molecule is Cn1c(CO)cc2c1CNC2=O. The molecule has 1 aromatic heterocycles. The summed E-state index contributed by atoms with van der Waals surface area (Å²) in [6.45, 7) is 0.557. The highest BCUT2D eigenvalue weighted by Gasteiger charge is 2.23. The number of aliphatic hydroxyl groups excluding tert-OH is 1. The summed E-state index contributed by atoms with van der Waals surface area (Å²) in [5, 5.41) is 11.6. The molecule has 1 aliphatic rings. The van der Waals surface area contributed by atoms with E-state index in [-0.39, 0.29) is 12.5 Å². The van der Waals surface area contributed by atoms with Crippen molar-refractivity contribution in [3.05, 3.63) is 23.0 Å². The van der Waals surface area contributed by atoms with E-state index >= 15 is 0 Å². The van der Waals surface area contributed by atoms with Crippen molar-refractivity contribution < 1.29 is 9.90 Å². The monoisotopic (exact) mass is 166 g/mol. The van der Waals surface area contributed by atoms with Crippen LogP contribution in [0.5, 0.6) is 0 Å². The Morgan fingerprint density at radius 1 is 1.75 bits per heavy atom. The molecule has 12 heavy (non-hydrogen) atoms. The number of rotatable bonds is 1. The van der Waals surface area contributed by atoms with Crippen molar-refractivity contribution in [2.75, 3.05) is 0 Å². The van der Waals surface area contributed by atoms with Crippen LogP contribution >= 0.6 is 0 Å². The predicted molar refractivity (Wildman–Crippen MR) is 42.5 cm³/mol. The van der Waals surface area contributed by atoms with Gasteiger partial charge in [-0.3, -0.25) is 4.79 Å². The highest BCUT2D eigenvalue weighted by atomic mass is 16.3. The molecule has 64 valence electrons. The van der Waals surface area contributed by atoms with Gasteiger partial charge in [-0.05, 0) is 6.07 Å². The van der Waals surface area contributed by atoms with Crippen LogP contribution < -0.4 is 5.32 Å². The van der Waals surface area contributed by atoms with Crippen molar-refractivity contribution in [3.8, 4) is 0 Å². The molecule has 2 heterocycles. The van der Waals surface area contributed by atoms with Crippen molar-refractivity contribution >= 4 is 5.91 Å². The maximum atomic E-state index is 11.1. The van der Waals surface area contributed by atoms with Crippen LogP contribution in [0.4, 0.5) is 0 Å². The Morgan fingerprint density at radius 2 is 2.50 bits per heavy atom. The Bertz CT molecular complexity index is 341. The van der Waals surface area contributed by atoms with Crippen LogP contribution in [0.1, 0.15) is 21.7 Å². The molecule has 1 aliphatic heterocycles. The lowest BCUT2D eigenvalue weighted by Crippen LogP contribution is -2.14. The molecule has 0 radical (unpaired) electrons. The van der Waals surface area contributed by atoms with Gasteiger partial charge >= 0.3 is 0 Å². The molecular weight excluding hydrogens is 156 g/mol. The van der Waals surface area contributed by atoms with Gasteiger partial charge in [0.15, 0.2) is 0 Å². The number of aliphatic hydroxyl groups is 1. The summed E-state index contributed by atoms with van der Waals surface area (Å²) in [4.78, 5) is 11.1. The van der Waals surface area contributed by atoms with Crippen molar-refractivity contribution in [2.24, 2.45) is 7.05 Å². The van der Waals surface area contributed by atoms with Crippen molar-refractivity contribution in [3.63, 3.8) is 0 Å². The van der Waals surface area contributed by atoms with E-state index in [1.54, 1.807) is 6.07 Å². The maximum Gasteiger partial charge on any atom is 0.253 e. The number of hydrogen-bond acceptors (Lipinski definition) is 2. The number of fused-ring (bicyclic) bond motifs is 1. The number of amides is 1. The van der Waals surface area contributed by atoms with Gasteiger partial charge in [-0.1, -0.05) is 0 Å². The third-order valence-corrected chi connectivity index (χ3v) is 2.28. The van der Waals surface area contributed by atoms with Gasteiger partial charge in [-0.15, -0.1) is 0 Å². The van der Waals surface area contributed by atoms with E-state index in [4.69, 9.17) is 5.11 Å². The third kappa shape index (κ3) is 0.783. The molecule has 0 spiro atoms. The fourth-order valence-electron chi connectivity index (χ4n) is 1.52. The summed E-state index contributed by atoms with van der Waals surface area (Å²) < 4.78 is 1.85. The second-order valence-corrected chi connectivity index (χ2v) is 2.90. The molecule has 0 bridgehead atoms. The van der Waals surface area contributed by atoms with Gasteiger partial charge in [0.05, 0.1) is 18.7 Å². The normalized spacial score (nSPS) is 14.7. The fraction of sp³-hybridized carbons (Fsp3) is 0.375. The smallest absolute Gasteiger partial charge is 0.253 e. The zero-order valence-electron chi connectivity index (χ0n) is 6.79. The summed E-state index contributed by atoms with van der Waals surface area (Å²) in [6.07, 6.45) is 0. The lowest BCUT2D eigenvalue weighted by molar-refractivity contribution is 0.0965. The van der Waals surface area contributed by atoms with Crippen LogP contribution in [-0.2, 0) is 20.2 Å². The van der Waals surface area contributed by atoms with E-state index in [1.807, 2.05) is 11.6 Å². The Morgan fingerprint density at radius 3 is 3.08 bits per heavy atom. The van der Waals surface area contributed by atoms with Gasteiger partial charge in [0, 0.05) is 18.4 Å². The first-order valence-corrected chi connectivity index (χ1v) is 3.80. The number of nitrogens with zero attached hydrogens (tertiary/aromatic N) is 1. The van der Waals surface area contributed by atoms with Crippen molar-refractivity contribution in [2.45, 2.75) is 13.2 Å². The summed E-state index contributed by atoms with van der Waals surface area (Å²) in [6, 6.07) is 1.73. The van der Waals surface area contributed by atoms with Gasteiger partial charge < -0.3 is 15.0 Å². The molecule has 0 saturated carbocycles. The van der Waals surface area contributed by atoms with Crippen LogP contribution in [0.15, 0.2) is 6.07 Å². The van der Waals surface area contributed by atoms with Crippen molar-refractivity contribution in [1.29, 1.82) is 0 Å². The molecule has 0 unspecified atom stereocenters. The minimum absolute atomic E-state index is 0.0171. The molecule has 4 heteroatoms. The van der Waals surface area contributed by atoms with Gasteiger partial charge in [0.1, 0.15) is 0 Å². The van der Waals surface area contributed by atoms with Crippen LogP contribution in [0.2, 0.25) is 0 Å². The highest BCUT2D eigenvalue weighted by molar-refractivity contribution is 5.98. The second-order valence-electron chi connectivity index (χ2n) is 2.90. The minimum atomic E-state index is -0.0414. The topological polar surface area (TPSA) is 54.3 Å². The van der Waals surface area contributed by atoms with Crippen LogP contribution in [0, 0.1) is 0 Å². The average molecular weight is 166 g/mol. The lowest BCUT2D eigenvalue weighted by atomic mass is 10.3. The summed E-state index contributed by atoms with van der Waals surface area (Å²) in [7, 11) is 1.85. The van der Waals surface area contributed by atoms with E-state index in [0.29, 0.717) is 12.1 Å². The van der Waals surface area contributed by atoms with Crippen LogP contribution in [0.25, 0.3) is 0 Å². The summed E-state index contributed by atoms with van der Waals surface area (Å²) in [5.74, 6) is -0.0414. The van der Waals surface area contributed by atoms with E-state index < -0.39 is 0 Å². The molecular formula is C8H10N2O2. The Hall–Kier alpha value is -1.29. The largest absolute Gasteiger partial charge is 0.390 e. The van der Waals surface area contributed by atoms with E-state index in [2.05, 4.69) is 5.32 Å². The number of carbonyl (C=O) groups is 1. The first kappa shape index (κ1) is 7.36. The molecule has 1 amide bonds. The Balaban J connectivity index is 2.57. The molecule has 2 N–H and O–H groups in total. The highest BCUT2D eigenvalue weighted by Crippen LogP contribution is 2.19. The quantitative estimate of drug-likeness (QED) is 0.605. The van der Waals surface area contributed by atoms with Crippen LogP contribution in [0.3, 0.4) is 0 Å². The van der Waals surface area contributed by atoms with E-state index in [0.717, 1.165) is 11.4 Å². The first-order valence-electron chi connectivity index (χ1n) is 3.80. The lowest BCUT2D eigenvalue weighted by Gasteiger charge is -2.01. The number of nitrogens with one attached hydrogen (secondary N) is 1. The van der Waals surface area contributed by atoms with Gasteiger partial charge in [-0.2, -0.15) is 0 Å². The second kappa shape index (κ2) is 2.35. The van der Waals surface area contributed by atoms with Gasteiger partial charge in [0.25, 0.3) is 5.91 Å². The molecule has 0 saturated heterocycles. The van der Waals surface area contributed by atoms with Gasteiger partial charge in [0.2, 0.25) is 0 Å². The Kier molecular flexibility index (Phi) is 1.44. The fourth-order valence-corrected chi connectivity index (χ4v) is 1.52. The number of hydrogen-bond donors (Lipinski definition) is 2. The van der Waals surface area contributed by atoms with E-state index in [1.165, 1.54) is 0 Å². The molecule has 0 aliphatic carbocycles. The van der Waals surface area contributed by atoms with Crippen LogP contribution in [-0.4, -0.2) is 15.6 Å². The molecule has 0 fully saturated rings. The predicted octanol–water partition coefficient (Wildman–Crippen LogP) is -0.239. The first-order chi connectivity index (χ1) is 5.74. The average Bonchev–Trinajstić information content (AvgIpc) is 2.55. The molecule has 2 rings (SSSR count). The third-order valence-electron chi connectivity index (χ3n) is 2.28. The maximum absolute atomic E-state index is 11.1. The molecule has 1 aromatic rings. The number of carbonyl (C=O) groups excluding carboxylic acids is 1. The Labute approximate surface area is 69.8 Å². The molecule has 0 aromatic carbocycles. The van der Waals surface area contributed by atoms with E-state index in [9.17, 15) is 4.79 Å². The zero-order chi connectivity index (χ0) is 8.72. The standard InChI is InChI=1S/C8H10N2O2/c1-10-5(4-11)2-6-7(10)3-9-8(6)12/h2,11H,3-4H2,1H3,(H,9,12). The minimum Gasteiger partial charge on any atom is -0.390 e. The van der Waals surface area contributed by atoms with Crippen molar-refractivity contribution in [1.82, 2.24) is 9.88 Å². The molecule has 4 nitrogen and oxygen atoms in total. The number of aromatic nitrogens is 1. The van der Waals surface area contributed by atoms with Gasteiger partial charge in [-0.25, -0.2) is 0 Å².